The van der Waals surface area contributed by atoms with E-state index in [9.17, 15) is 10.1 Å². The zero-order valence-corrected chi connectivity index (χ0v) is 10.8. The van der Waals surface area contributed by atoms with Crippen molar-refractivity contribution in [1.82, 2.24) is 9.55 Å². The highest BCUT2D eigenvalue weighted by atomic mass is 79.9. The molecule has 0 fully saturated rings. The second-order valence-corrected chi connectivity index (χ2v) is 5.43. The molecule has 0 amide bonds. The maximum Gasteiger partial charge on any atom is 0.396 e. The van der Waals surface area contributed by atoms with E-state index in [1.54, 1.807) is 6.92 Å². The minimum Gasteiger partial charge on any atom is -0.358 e. The summed E-state index contributed by atoms with van der Waals surface area (Å²) < 4.78 is 2.26. The molecule has 1 aromatic rings. The fourth-order valence-corrected chi connectivity index (χ4v) is 1.91. The highest BCUT2D eigenvalue weighted by Gasteiger charge is 2.25. The third kappa shape index (κ3) is 2.77. The van der Waals surface area contributed by atoms with Gasteiger partial charge in [0.2, 0.25) is 5.82 Å². The quantitative estimate of drug-likeness (QED) is 0.616. The molecule has 0 unspecified atom stereocenters. The molecular formula is C9H14BrN3O2. The van der Waals surface area contributed by atoms with Gasteiger partial charge in [-0.3, -0.25) is 4.57 Å². The van der Waals surface area contributed by atoms with Gasteiger partial charge in [-0.25, -0.2) is 0 Å². The van der Waals surface area contributed by atoms with Crippen molar-refractivity contribution in [3.63, 3.8) is 0 Å². The van der Waals surface area contributed by atoms with E-state index in [0.717, 1.165) is 0 Å². The number of rotatable bonds is 2. The summed E-state index contributed by atoms with van der Waals surface area (Å²) in [5, 5.41) is 10.7. The lowest BCUT2D eigenvalue weighted by atomic mass is 9.97. The predicted octanol–water partition coefficient (Wildman–Crippen LogP) is 2.91. The van der Waals surface area contributed by atoms with Crippen molar-refractivity contribution in [2.75, 3.05) is 0 Å². The first-order valence-corrected chi connectivity index (χ1v) is 5.38. The SMILES string of the molecule is Cc1nc([N+](=O)[O-])c(Br)n1CC(C)(C)C. The second kappa shape index (κ2) is 3.92. The Morgan fingerprint density at radius 2 is 2.07 bits per heavy atom. The molecule has 0 bridgehead atoms. The number of imidazole rings is 1. The van der Waals surface area contributed by atoms with Crippen molar-refractivity contribution in [3.05, 3.63) is 20.5 Å². The second-order valence-electron chi connectivity index (χ2n) is 4.68. The molecule has 0 atom stereocenters. The summed E-state index contributed by atoms with van der Waals surface area (Å²) >= 11 is 3.21. The van der Waals surface area contributed by atoms with Crippen LogP contribution in [0, 0.1) is 22.5 Å². The average Bonchev–Trinajstić information content (AvgIpc) is 2.29. The summed E-state index contributed by atoms with van der Waals surface area (Å²) in [5.74, 6) is 0.542. The van der Waals surface area contributed by atoms with Crippen molar-refractivity contribution >= 4 is 21.7 Å². The van der Waals surface area contributed by atoms with Crippen LogP contribution >= 0.6 is 15.9 Å². The van der Waals surface area contributed by atoms with Crippen molar-refractivity contribution in [2.24, 2.45) is 5.41 Å². The van der Waals surface area contributed by atoms with E-state index in [4.69, 9.17) is 0 Å². The Morgan fingerprint density at radius 1 is 1.53 bits per heavy atom. The highest BCUT2D eigenvalue weighted by Crippen LogP contribution is 2.28. The summed E-state index contributed by atoms with van der Waals surface area (Å²) in [6.07, 6.45) is 0. The van der Waals surface area contributed by atoms with Crippen LogP contribution in [0.5, 0.6) is 0 Å². The van der Waals surface area contributed by atoms with Gasteiger partial charge in [-0.05, 0) is 31.3 Å². The van der Waals surface area contributed by atoms with Crippen LogP contribution in [0.15, 0.2) is 4.60 Å². The third-order valence-electron chi connectivity index (χ3n) is 1.89. The number of nitro groups is 1. The molecule has 1 aromatic heterocycles. The summed E-state index contributed by atoms with van der Waals surface area (Å²) in [6, 6.07) is 0. The van der Waals surface area contributed by atoms with Crippen LogP contribution < -0.4 is 0 Å². The van der Waals surface area contributed by atoms with Gasteiger partial charge in [-0.1, -0.05) is 20.8 Å². The van der Waals surface area contributed by atoms with E-state index in [2.05, 4.69) is 41.7 Å². The minimum absolute atomic E-state index is 0.0574. The van der Waals surface area contributed by atoms with Gasteiger partial charge < -0.3 is 10.1 Å². The molecule has 0 aliphatic rings. The number of aromatic nitrogens is 2. The molecule has 0 radical (unpaired) electrons. The average molecular weight is 276 g/mol. The third-order valence-corrected chi connectivity index (χ3v) is 2.67. The van der Waals surface area contributed by atoms with Gasteiger partial charge >= 0.3 is 5.82 Å². The Kier molecular flexibility index (Phi) is 3.18. The molecule has 0 saturated carbocycles. The summed E-state index contributed by atoms with van der Waals surface area (Å²) in [4.78, 5) is 14.1. The lowest BCUT2D eigenvalue weighted by Gasteiger charge is -2.19. The number of hydrogen-bond acceptors (Lipinski definition) is 3. The van der Waals surface area contributed by atoms with Crippen LogP contribution in [-0.4, -0.2) is 14.5 Å². The zero-order valence-electron chi connectivity index (χ0n) is 9.24. The number of nitrogens with zero attached hydrogens (tertiary/aromatic N) is 3. The van der Waals surface area contributed by atoms with Gasteiger partial charge in [0.1, 0.15) is 0 Å². The van der Waals surface area contributed by atoms with Gasteiger partial charge in [0.25, 0.3) is 0 Å². The fourth-order valence-electron chi connectivity index (χ4n) is 1.30. The van der Waals surface area contributed by atoms with Gasteiger partial charge in [-0.2, -0.15) is 0 Å². The molecule has 0 saturated heterocycles. The molecule has 0 aliphatic carbocycles. The largest absolute Gasteiger partial charge is 0.396 e. The molecule has 15 heavy (non-hydrogen) atoms. The van der Waals surface area contributed by atoms with Crippen molar-refractivity contribution in [2.45, 2.75) is 34.2 Å². The molecule has 5 nitrogen and oxygen atoms in total. The van der Waals surface area contributed by atoms with Crippen LogP contribution in [0.25, 0.3) is 0 Å². The van der Waals surface area contributed by atoms with Gasteiger partial charge in [-0.15, -0.1) is 0 Å². The molecule has 0 aliphatic heterocycles. The lowest BCUT2D eigenvalue weighted by molar-refractivity contribution is -0.390. The van der Waals surface area contributed by atoms with Crippen molar-refractivity contribution in [1.29, 1.82) is 0 Å². The van der Waals surface area contributed by atoms with E-state index < -0.39 is 4.92 Å². The Bertz CT molecular complexity index is 393. The number of aryl methyl sites for hydroxylation is 1. The topological polar surface area (TPSA) is 61.0 Å². The van der Waals surface area contributed by atoms with E-state index in [1.165, 1.54) is 0 Å². The highest BCUT2D eigenvalue weighted by molar-refractivity contribution is 9.10. The van der Waals surface area contributed by atoms with E-state index in [1.807, 2.05) is 4.57 Å². The van der Waals surface area contributed by atoms with Gasteiger partial charge in [0.15, 0.2) is 4.60 Å². The first-order chi connectivity index (χ1) is 6.72. The Morgan fingerprint density at radius 3 is 2.40 bits per heavy atom. The van der Waals surface area contributed by atoms with E-state index in [0.29, 0.717) is 17.0 Å². The number of halogens is 1. The number of hydrogen-bond donors (Lipinski definition) is 0. The maximum atomic E-state index is 10.7. The van der Waals surface area contributed by atoms with Gasteiger partial charge in [0, 0.05) is 13.5 Å². The molecule has 1 rings (SSSR count). The van der Waals surface area contributed by atoms with Crippen LogP contribution in [0.3, 0.4) is 0 Å². The van der Waals surface area contributed by atoms with Crippen LogP contribution in [0.1, 0.15) is 26.6 Å². The molecule has 6 heteroatoms. The maximum absolute atomic E-state index is 10.7. The van der Waals surface area contributed by atoms with Crippen molar-refractivity contribution < 1.29 is 4.92 Å². The lowest BCUT2D eigenvalue weighted by Crippen LogP contribution is -2.16. The Balaban J connectivity index is 3.14. The monoisotopic (exact) mass is 275 g/mol. The molecule has 1 heterocycles. The minimum atomic E-state index is -0.476. The fraction of sp³-hybridized carbons (Fsp3) is 0.667. The van der Waals surface area contributed by atoms with Crippen molar-refractivity contribution in [3.8, 4) is 0 Å². The van der Waals surface area contributed by atoms with E-state index >= 15 is 0 Å². The van der Waals surface area contributed by atoms with Gasteiger partial charge in [0.05, 0.1) is 0 Å². The van der Waals surface area contributed by atoms with Crippen LogP contribution in [0.2, 0.25) is 0 Å². The van der Waals surface area contributed by atoms with Crippen LogP contribution in [0.4, 0.5) is 5.82 Å². The standard InChI is InChI=1S/C9H14BrN3O2/c1-6-11-8(13(14)15)7(10)12(6)5-9(2,3)4/h5H2,1-4H3. The molecule has 0 spiro atoms. The van der Waals surface area contributed by atoms with Crippen LogP contribution in [-0.2, 0) is 6.54 Å². The molecule has 0 N–H and O–H groups in total. The predicted molar refractivity (Wildman–Crippen MR) is 60.8 cm³/mol. The summed E-state index contributed by atoms with van der Waals surface area (Å²) in [7, 11) is 0. The Labute approximate surface area is 96.8 Å². The molecule has 84 valence electrons. The summed E-state index contributed by atoms with van der Waals surface area (Å²) in [5.41, 5.74) is 0.0574. The zero-order chi connectivity index (χ0) is 11.8. The normalized spacial score (nSPS) is 11.8. The molecular weight excluding hydrogens is 262 g/mol. The molecule has 0 aromatic carbocycles. The summed E-state index contributed by atoms with van der Waals surface area (Å²) in [6.45, 7) is 8.68. The smallest absolute Gasteiger partial charge is 0.358 e. The first-order valence-electron chi connectivity index (χ1n) is 4.59. The first kappa shape index (κ1) is 12.2. The Hall–Kier alpha value is -0.910. The van der Waals surface area contributed by atoms with E-state index in [-0.39, 0.29) is 11.2 Å².